The molecule has 0 aromatic rings. The summed E-state index contributed by atoms with van der Waals surface area (Å²) in [6.45, 7) is 10.2. The Morgan fingerprint density at radius 2 is 1.74 bits per heavy atom. The van der Waals surface area contributed by atoms with Crippen molar-refractivity contribution in [2.45, 2.75) is 77.9 Å². The van der Waals surface area contributed by atoms with E-state index in [4.69, 9.17) is 4.74 Å². The normalized spacial score (nSPS) is 21.8. The van der Waals surface area contributed by atoms with Gasteiger partial charge in [-0.15, -0.1) is 0 Å². The van der Waals surface area contributed by atoms with E-state index < -0.39 is 5.60 Å². The van der Waals surface area contributed by atoms with Gasteiger partial charge >= 0.3 is 6.09 Å². The van der Waals surface area contributed by atoms with Gasteiger partial charge in [0.2, 0.25) is 0 Å². The van der Waals surface area contributed by atoms with Crippen molar-refractivity contribution in [3.63, 3.8) is 0 Å². The number of carbonyl (C=O) groups is 1. The van der Waals surface area contributed by atoms with Crippen molar-refractivity contribution in [1.29, 1.82) is 0 Å². The lowest BCUT2D eigenvalue weighted by Crippen LogP contribution is -2.53. The molecule has 4 nitrogen and oxygen atoms in total. The van der Waals surface area contributed by atoms with Crippen molar-refractivity contribution in [2.24, 2.45) is 5.41 Å². The molecule has 1 rings (SSSR count). The van der Waals surface area contributed by atoms with Crippen LogP contribution in [-0.4, -0.2) is 28.9 Å². The molecule has 2 N–H and O–H groups in total. The Morgan fingerprint density at radius 3 is 2.16 bits per heavy atom. The molecule has 0 unspecified atom stereocenters. The predicted molar refractivity (Wildman–Crippen MR) is 76.1 cm³/mol. The van der Waals surface area contributed by atoms with Crippen LogP contribution in [0.2, 0.25) is 0 Å². The van der Waals surface area contributed by atoms with Gasteiger partial charge in [0, 0.05) is 12.1 Å². The average molecular weight is 271 g/mol. The Kier molecular flexibility index (Phi) is 4.88. The molecule has 0 aromatic carbocycles. The predicted octanol–water partition coefficient (Wildman–Crippen LogP) is 3.23. The van der Waals surface area contributed by atoms with E-state index in [1.165, 1.54) is 0 Å². The zero-order chi connectivity index (χ0) is 14.7. The van der Waals surface area contributed by atoms with Crippen molar-refractivity contribution in [3.8, 4) is 0 Å². The number of aliphatic hydroxyl groups is 1. The molecule has 1 saturated carbocycles. The third-order valence-electron chi connectivity index (χ3n) is 3.92. The molecule has 0 bridgehead atoms. The molecule has 19 heavy (non-hydrogen) atoms. The van der Waals surface area contributed by atoms with Crippen LogP contribution in [0.1, 0.15) is 66.7 Å². The van der Waals surface area contributed by atoms with Gasteiger partial charge in [-0.2, -0.15) is 0 Å². The zero-order valence-electron chi connectivity index (χ0n) is 13.0. The second kappa shape index (κ2) is 5.70. The first-order valence-corrected chi connectivity index (χ1v) is 7.20. The van der Waals surface area contributed by atoms with E-state index in [-0.39, 0.29) is 18.2 Å². The van der Waals surface area contributed by atoms with Crippen LogP contribution in [0.5, 0.6) is 0 Å². The van der Waals surface area contributed by atoms with Crippen LogP contribution in [0.3, 0.4) is 0 Å². The Morgan fingerprint density at radius 1 is 1.21 bits per heavy atom. The lowest BCUT2D eigenvalue weighted by Gasteiger charge is -2.44. The third kappa shape index (κ3) is 5.39. The molecule has 1 aliphatic carbocycles. The summed E-state index contributed by atoms with van der Waals surface area (Å²) < 4.78 is 5.33. The summed E-state index contributed by atoms with van der Waals surface area (Å²) in [5.41, 5.74) is -0.459. The summed E-state index contributed by atoms with van der Waals surface area (Å²) in [7, 11) is 0. The number of rotatable bonds is 3. The van der Waals surface area contributed by atoms with Gasteiger partial charge in [0.05, 0.1) is 0 Å². The van der Waals surface area contributed by atoms with Crippen molar-refractivity contribution in [2.75, 3.05) is 6.61 Å². The summed E-state index contributed by atoms with van der Waals surface area (Å²) in [5, 5.41) is 12.3. The molecule has 0 atom stereocenters. The van der Waals surface area contributed by atoms with E-state index in [1.807, 2.05) is 20.8 Å². The topological polar surface area (TPSA) is 58.6 Å². The van der Waals surface area contributed by atoms with E-state index in [1.54, 1.807) is 0 Å². The fourth-order valence-electron chi connectivity index (χ4n) is 2.58. The number of nitrogens with one attached hydrogen (secondary N) is 1. The van der Waals surface area contributed by atoms with E-state index in [0.29, 0.717) is 11.8 Å². The molecule has 0 spiro atoms. The van der Waals surface area contributed by atoms with E-state index in [2.05, 4.69) is 19.2 Å². The van der Waals surface area contributed by atoms with Gasteiger partial charge in [-0.25, -0.2) is 4.79 Å². The van der Waals surface area contributed by atoms with Crippen molar-refractivity contribution < 1.29 is 14.6 Å². The highest BCUT2D eigenvalue weighted by Gasteiger charge is 2.39. The lowest BCUT2D eigenvalue weighted by molar-refractivity contribution is 0.0338. The number of aliphatic hydroxyl groups excluding tert-OH is 1. The fraction of sp³-hybridized carbons (Fsp3) is 0.933. The van der Waals surface area contributed by atoms with Crippen LogP contribution in [0, 0.1) is 5.41 Å². The number of amides is 1. The molecule has 0 aliphatic heterocycles. The van der Waals surface area contributed by atoms with Gasteiger partial charge in [0.1, 0.15) is 5.60 Å². The van der Waals surface area contributed by atoms with Crippen LogP contribution < -0.4 is 5.32 Å². The fourth-order valence-corrected chi connectivity index (χ4v) is 2.58. The summed E-state index contributed by atoms with van der Waals surface area (Å²) >= 11 is 0. The molecule has 112 valence electrons. The lowest BCUT2D eigenvalue weighted by atomic mass is 9.68. The standard InChI is InChI=1S/C15H29NO3/c1-13(2,3)19-12(18)16-15(10-11-17)8-6-14(4,5)7-9-15/h17H,6-11H2,1-5H3,(H,16,18). The smallest absolute Gasteiger partial charge is 0.408 e. The molecule has 0 saturated heterocycles. The quantitative estimate of drug-likeness (QED) is 0.828. The zero-order valence-corrected chi connectivity index (χ0v) is 13.0. The minimum Gasteiger partial charge on any atom is -0.444 e. The maximum atomic E-state index is 12.0. The van der Waals surface area contributed by atoms with Crippen LogP contribution in [-0.2, 0) is 4.74 Å². The van der Waals surface area contributed by atoms with E-state index >= 15 is 0 Å². The number of alkyl carbamates (subject to hydrolysis) is 1. The van der Waals surface area contributed by atoms with Crippen LogP contribution in [0.4, 0.5) is 4.79 Å². The Balaban J connectivity index is 2.65. The number of ether oxygens (including phenoxy) is 1. The van der Waals surface area contributed by atoms with Crippen molar-refractivity contribution in [3.05, 3.63) is 0 Å². The van der Waals surface area contributed by atoms with Gasteiger partial charge in [-0.3, -0.25) is 0 Å². The first-order valence-electron chi connectivity index (χ1n) is 7.20. The maximum absolute atomic E-state index is 12.0. The first kappa shape index (κ1) is 16.3. The van der Waals surface area contributed by atoms with E-state index in [9.17, 15) is 9.90 Å². The van der Waals surface area contributed by atoms with Crippen LogP contribution >= 0.6 is 0 Å². The molecular weight excluding hydrogens is 242 g/mol. The largest absolute Gasteiger partial charge is 0.444 e. The number of hydrogen-bond acceptors (Lipinski definition) is 3. The van der Waals surface area contributed by atoms with Gasteiger partial charge in [-0.1, -0.05) is 13.8 Å². The summed E-state index contributed by atoms with van der Waals surface area (Å²) in [6, 6.07) is 0. The summed E-state index contributed by atoms with van der Waals surface area (Å²) in [6.07, 6.45) is 4.15. The summed E-state index contributed by atoms with van der Waals surface area (Å²) in [4.78, 5) is 12.0. The molecule has 4 heteroatoms. The molecule has 1 amide bonds. The van der Waals surface area contributed by atoms with Crippen LogP contribution in [0.15, 0.2) is 0 Å². The molecule has 0 aromatic heterocycles. The highest BCUT2D eigenvalue weighted by atomic mass is 16.6. The molecule has 1 fully saturated rings. The van der Waals surface area contributed by atoms with E-state index in [0.717, 1.165) is 25.7 Å². The highest BCUT2D eigenvalue weighted by molar-refractivity contribution is 5.68. The maximum Gasteiger partial charge on any atom is 0.408 e. The molecule has 0 radical (unpaired) electrons. The number of carbonyl (C=O) groups excluding carboxylic acids is 1. The monoisotopic (exact) mass is 271 g/mol. The Bertz CT molecular complexity index is 308. The van der Waals surface area contributed by atoms with Crippen molar-refractivity contribution >= 4 is 6.09 Å². The average Bonchev–Trinajstić information content (AvgIpc) is 2.20. The van der Waals surface area contributed by atoms with Gasteiger partial charge in [-0.05, 0) is 58.3 Å². The summed E-state index contributed by atoms with van der Waals surface area (Å²) in [5.74, 6) is 0. The highest BCUT2D eigenvalue weighted by Crippen LogP contribution is 2.41. The SMILES string of the molecule is CC1(C)CCC(CCO)(NC(=O)OC(C)(C)C)CC1. The molecule has 1 aliphatic rings. The van der Waals surface area contributed by atoms with Gasteiger partial charge in [0.25, 0.3) is 0 Å². The van der Waals surface area contributed by atoms with Gasteiger partial charge in [0.15, 0.2) is 0 Å². The van der Waals surface area contributed by atoms with Crippen molar-refractivity contribution in [1.82, 2.24) is 5.32 Å². The second-order valence-corrected chi connectivity index (χ2v) is 7.55. The second-order valence-electron chi connectivity index (χ2n) is 7.55. The first-order chi connectivity index (χ1) is 8.58. The molecule has 0 heterocycles. The minimum atomic E-state index is -0.488. The molecular formula is C15H29NO3. The van der Waals surface area contributed by atoms with Gasteiger partial charge < -0.3 is 15.2 Å². The van der Waals surface area contributed by atoms with Crippen LogP contribution in [0.25, 0.3) is 0 Å². The third-order valence-corrected chi connectivity index (χ3v) is 3.92. The Labute approximate surface area is 116 Å². The number of hydrogen-bond donors (Lipinski definition) is 2. The Hall–Kier alpha value is -0.770. The minimum absolute atomic E-state index is 0.0935.